The summed E-state index contributed by atoms with van der Waals surface area (Å²) in [6.45, 7) is 11.7. The molecule has 3 rings (SSSR count). The Morgan fingerprint density at radius 1 is 1.16 bits per heavy atom. The highest BCUT2D eigenvalue weighted by atomic mass is 127. The molecule has 2 heterocycles. The molecule has 0 bridgehead atoms. The van der Waals surface area contributed by atoms with Crippen molar-refractivity contribution in [2.75, 3.05) is 50.7 Å². The standard InChI is InChI=1S/C24H38N6.HI/c1-3-26-24(27-14-11-20-12-16-29(4-2)17-13-20)28-22-9-7-15-30(19-22)23-10-6-5-8-21(23)18-25;/h5-6,8,10,20,22H,3-4,7,9,11-17,19H2,1-2H3,(H2,26,27,28);1H. The van der Waals surface area contributed by atoms with E-state index in [0.29, 0.717) is 6.04 Å². The van der Waals surface area contributed by atoms with Crippen LogP contribution in [0, 0.1) is 17.2 Å². The highest BCUT2D eigenvalue weighted by molar-refractivity contribution is 14.0. The number of nitrogens with zero attached hydrogens (tertiary/aromatic N) is 4. The van der Waals surface area contributed by atoms with Crippen molar-refractivity contribution in [2.45, 2.75) is 52.0 Å². The molecule has 0 radical (unpaired) electrons. The molecule has 0 aliphatic carbocycles. The van der Waals surface area contributed by atoms with Crippen LogP contribution in [0.5, 0.6) is 0 Å². The lowest BCUT2D eigenvalue weighted by Gasteiger charge is -2.36. The lowest BCUT2D eigenvalue weighted by atomic mass is 9.94. The number of likely N-dealkylation sites (tertiary alicyclic amines) is 1. The topological polar surface area (TPSA) is 66.7 Å². The van der Waals surface area contributed by atoms with E-state index in [0.717, 1.165) is 62.1 Å². The molecule has 1 aromatic carbocycles. The molecule has 1 unspecified atom stereocenters. The van der Waals surface area contributed by atoms with Crippen molar-refractivity contribution in [2.24, 2.45) is 10.9 Å². The van der Waals surface area contributed by atoms with Crippen molar-refractivity contribution in [1.29, 1.82) is 5.26 Å². The van der Waals surface area contributed by atoms with Gasteiger partial charge in [0.1, 0.15) is 6.07 Å². The van der Waals surface area contributed by atoms with Gasteiger partial charge in [-0.25, -0.2) is 0 Å². The maximum absolute atomic E-state index is 9.44. The molecular weight excluding hydrogens is 499 g/mol. The van der Waals surface area contributed by atoms with E-state index in [1.54, 1.807) is 0 Å². The van der Waals surface area contributed by atoms with Gasteiger partial charge in [-0.05, 0) is 76.7 Å². The Morgan fingerprint density at radius 3 is 2.65 bits per heavy atom. The molecule has 1 aromatic rings. The van der Waals surface area contributed by atoms with Crippen LogP contribution < -0.4 is 15.5 Å². The Hall–Kier alpha value is -1.53. The number of benzene rings is 1. The van der Waals surface area contributed by atoms with Gasteiger partial charge in [0.15, 0.2) is 5.96 Å². The maximum atomic E-state index is 9.44. The average molecular weight is 539 g/mol. The molecule has 0 aromatic heterocycles. The number of hydrogen-bond acceptors (Lipinski definition) is 4. The lowest BCUT2D eigenvalue weighted by Crippen LogP contribution is -2.51. The van der Waals surface area contributed by atoms with Crippen molar-refractivity contribution in [3.05, 3.63) is 29.8 Å². The molecule has 0 saturated carbocycles. The van der Waals surface area contributed by atoms with Gasteiger partial charge in [-0.15, -0.1) is 24.0 Å². The van der Waals surface area contributed by atoms with E-state index in [4.69, 9.17) is 4.99 Å². The molecule has 1 atom stereocenters. The van der Waals surface area contributed by atoms with Gasteiger partial charge in [0, 0.05) is 32.2 Å². The van der Waals surface area contributed by atoms with Crippen LogP contribution in [0.15, 0.2) is 29.3 Å². The highest BCUT2D eigenvalue weighted by Crippen LogP contribution is 2.24. The first-order chi connectivity index (χ1) is 14.7. The second kappa shape index (κ2) is 13.8. The van der Waals surface area contributed by atoms with Crippen molar-refractivity contribution < 1.29 is 0 Å². The molecule has 2 N–H and O–H groups in total. The summed E-state index contributed by atoms with van der Waals surface area (Å²) in [5, 5.41) is 16.5. The Labute approximate surface area is 205 Å². The van der Waals surface area contributed by atoms with Crippen LogP contribution in [-0.2, 0) is 0 Å². The number of nitriles is 1. The second-order valence-electron chi connectivity index (χ2n) is 8.49. The minimum atomic E-state index is 0. The van der Waals surface area contributed by atoms with Crippen LogP contribution >= 0.6 is 24.0 Å². The molecule has 0 amide bonds. The van der Waals surface area contributed by atoms with E-state index in [2.05, 4.69) is 46.4 Å². The highest BCUT2D eigenvalue weighted by Gasteiger charge is 2.23. The number of para-hydroxylation sites is 1. The average Bonchev–Trinajstić information content (AvgIpc) is 2.80. The van der Waals surface area contributed by atoms with Gasteiger partial charge >= 0.3 is 0 Å². The van der Waals surface area contributed by atoms with Gasteiger partial charge in [0.05, 0.1) is 11.3 Å². The maximum Gasteiger partial charge on any atom is 0.191 e. The van der Waals surface area contributed by atoms with Crippen molar-refractivity contribution in [3.8, 4) is 6.07 Å². The van der Waals surface area contributed by atoms with Crippen LogP contribution in [0.3, 0.4) is 0 Å². The fraction of sp³-hybridized carbons (Fsp3) is 0.667. The molecule has 2 aliphatic rings. The predicted molar refractivity (Wildman–Crippen MR) is 140 cm³/mol. The summed E-state index contributed by atoms with van der Waals surface area (Å²) in [5.74, 6) is 1.75. The normalized spacial score (nSPS) is 20.6. The second-order valence-corrected chi connectivity index (χ2v) is 8.49. The van der Waals surface area contributed by atoms with Gasteiger partial charge in [-0.2, -0.15) is 5.26 Å². The molecule has 7 heteroatoms. The summed E-state index contributed by atoms with van der Waals surface area (Å²) < 4.78 is 0. The number of piperidine rings is 2. The largest absolute Gasteiger partial charge is 0.368 e. The number of anilines is 1. The predicted octanol–water partition coefficient (Wildman–Crippen LogP) is 3.82. The molecule has 2 aliphatic heterocycles. The van der Waals surface area contributed by atoms with E-state index in [-0.39, 0.29) is 24.0 Å². The van der Waals surface area contributed by atoms with Crippen molar-refractivity contribution in [3.63, 3.8) is 0 Å². The first-order valence-corrected chi connectivity index (χ1v) is 11.7. The van der Waals surface area contributed by atoms with Gasteiger partial charge < -0.3 is 20.4 Å². The first-order valence-electron chi connectivity index (χ1n) is 11.7. The molecule has 2 fully saturated rings. The molecule has 172 valence electrons. The third-order valence-electron chi connectivity index (χ3n) is 6.43. The number of halogens is 1. The summed E-state index contributed by atoms with van der Waals surface area (Å²) in [6, 6.07) is 10.6. The summed E-state index contributed by atoms with van der Waals surface area (Å²) in [6.07, 6.45) is 6.05. The van der Waals surface area contributed by atoms with E-state index >= 15 is 0 Å². The monoisotopic (exact) mass is 538 g/mol. The number of rotatable bonds is 7. The van der Waals surface area contributed by atoms with Gasteiger partial charge in [0.25, 0.3) is 0 Å². The number of aliphatic imine (C=N–C) groups is 1. The first kappa shape index (κ1) is 25.7. The Balaban J connectivity index is 0.00000341. The number of guanidine groups is 1. The van der Waals surface area contributed by atoms with Gasteiger partial charge in [-0.1, -0.05) is 19.1 Å². The quantitative estimate of drug-likeness (QED) is 0.314. The molecule has 2 saturated heterocycles. The van der Waals surface area contributed by atoms with Crippen molar-refractivity contribution >= 4 is 35.6 Å². The van der Waals surface area contributed by atoms with Crippen molar-refractivity contribution in [1.82, 2.24) is 15.5 Å². The molecule has 31 heavy (non-hydrogen) atoms. The number of hydrogen-bond donors (Lipinski definition) is 2. The third-order valence-corrected chi connectivity index (χ3v) is 6.43. The van der Waals surface area contributed by atoms with E-state index in [9.17, 15) is 5.26 Å². The summed E-state index contributed by atoms with van der Waals surface area (Å²) in [7, 11) is 0. The Kier molecular flexibility index (Phi) is 11.4. The third kappa shape index (κ3) is 7.83. The SMILES string of the molecule is CCNC(=NCCC1CCN(CC)CC1)NC1CCCN(c2ccccc2C#N)C1.I. The molecular formula is C24H39IN6. The number of nitrogens with one attached hydrogen (secondary N) is 2. The fourth-order valence-electron chi connectivity index (χ4n) is 4.62. The zero-order valence-corrected chi connectivity index (χ0v) is 21.5. The minimum absolute atomic E-state index is 0. The Morgan fingerprint density at radius 2 is 1.94 bits per heavy atom. The van der Waals surface area contributed by atoms with Gasteiger partial charge in [0.2, 0.25) is 0 Å². The zero-order valence-electron chi connectivity index (χ0n) is 19.1. The molecule has 0 spiro atoms. The van der Waals surface area contributed by atoms with E-state index < -0.39 is 0 Å². The van der Waals surface area contributed by atoms with Crippen LogP contribution in [0.25, 0.3) is 0 Å². The Bertz CT molecular complexity index is 723. The lowest BCUT2D eigenvalue weighted by molar-refractivity contribution is 0.188. The van der Waals surface area contributed by atoms with Crippen LogP contribution in [0.4, 0.5) is 5.69 Å². The minimum Gasteiger partial charge on any atom is -0.368 e. The van der Waals surface area contributed by atoms with Crippen LogP contribution in [-0.4, -0.2) is 62.7 Å². The zero-order chi connectivity index (χ0) is 21.2. The smallest absolute Gasteiger partial charge is 0.191 e. The van der Waals surface area contributed by atoms with E-state index in [1.807, 2.05) is 18.2 Å². The molecule has 6 nitrogen and oxygen atoms in total. The van der Waals surface area contributed by atoms with E-state index in [1.165, 1.54) is 38.9 Å². The summed E-state index contributed by atoms with van der Waals surface area (Å²) >= 11 is 0. The van der Waals surface area contributed by atoms with Gasteiger partial charge in [-0.3, -0.25) is 4.99 Å². The van der Waals surface area contributed by atoms with Crippen LogP contribution in [0.1, 0.15) is 51.5 Å². The fourth-order valence-corrected chi connectivity index (χ4v) is 4.62. The summed E-state index contributed by atoms with van der Waals surface area (Å²) in [4.78, 5) is 9.77. The summed E-state index contributed by atoms with van der Waals surface area (Å²) in [5.41, 5.74) is 1.81. The van der Waals surface area contributed by atoms with Crippen LogP contribution in [0.2, 0.25) is 0 Å².